The van der Waals surface area contributed by atoms with Crippen LogP contribution in [0.5, 0.6) is 0 Å². The van der Waals surface area contributed by atoms with Gasteiger partial charge < -0.3 is 9.63 Å². The van der Waals surface area contributed by atoms with E-state index < -0.39 is 5.60 Å². The first-order valence-electron chi connectivity index (χ1n) is 6.84. The summed E-state index contributed by atoms with van der Waals surface area (Å²) >= 11 is 0. The summed E-state index contributed by atoms with van der Waals surface area (Å²) in [6, 6.07) is 1.94. The second kappa shape index (κ2) is 5.34. The first-order valence-corrected chi connectivity index (χ1v) is 6.84. The van der Waals surface area contributed by atoms with Crippen LogP contribution in [0.2, 0.25) is 0 Å². The molecule has 2 aromatic heterocycles. The van der Waals surface area contributed by atoms with Crippen molar-refractivity contribution in [1.82, 2.24) is 25.1 Å². The lowest BCUT2D eigenvalue weighted by Crippen LogP contribution is -2.50. The fraction of sp³-hybridized carbons (Fsp3) is 0.615. The Bertz CT molecular complexity index is 553. The van der Waals surface area contributed by atoms with Crippen molar-refractivity contribution < 1.29 is 9.63 Å². The highest BCUT2D eigenvalue weighted by Crippen LogP contribution is 2.24. The van der Waals surface area contributed by atoms with E-state index in [2.05, 4.69) is 20.4 Å². The number of piperidine rings is 1. The van der Waals surface area contributed by atoms with Gasteiger partial charge in [0.2, 0.25) is 0 Å². The number of hydrogen-bond donors (Lipinski definition) is 1. The summed E-state index contributed by atoms with van der Waals surface area (Å²) < 4.78 is 6.77. The molecule has 7 nitrogen and oxygen atoms in total. The monoisotopic (exact) mass is 277 g/mol. The molecule has 3 heterocycles. The van der Waals surface area contributed by atoms with Crippen molar-refractivity contribution in [2.24, 2.45) is 0 Å². The maximum absolute atomic E-state index is 10.7. The van der Waals surface area contributed by atoms with E-state index in [4.69, 9.17) is 4.52 Å². The lowest BCUT2D eigenvalue weighted by atomic mass is 9.92. The molecule has 1 unspecified atom stereocenters. The number of aromatic nitrogens is 4. The minimum absolute atomic E-state index is 0.474. The maximum Gasteiger partial charge on any atom is 0.133 e. The molecule has 0 saturated carbocycles. The molecule has 1 fully saturated rings. The van der Waals surface area contributed by atoms with Crippen LogP contribution in [0.1, 0.15) is 24.3 Å². The van der Waals surface area contributed by atoms with E-state index in [0.717, 1.165) is 30.8 Å². The summed E-state index contributed by atoms with van der Waals surface area (Å²) in [6.45, 7) is 4.64. The van der Waals surface area contributed by atoms with Gasteiger partial charge in [-0.3, -0.25) is 4.90 Å². The van der Waals surface area contributed by atoms with Crippen molar-refractivity contribution in [3.63, 3.8) is 0 Å². The number of nitrogens with zero attached hydrogens (tertiary/aromatic N) is 5. The van der Waals surface area contributed by atoms with Crippen LogP contribution in [0.25, 0.3) is 0 Å². The topological polar surface area (TPSA) is 80.2 Å². The summed E-state index contributed by atoms with van der Waals surface area (Å²) in [7, 11) is 0. The molecule has 0 radical (unpaired) electrons. The van der Waals surface area contributed by atoms with Gasteiger partial charge in [0.1, 0.15) is 5.76 Å². The molecule has 1 aliphatic heterocycles. The third kappa shape index (κ3) is 3.05. The van der Waals surface area contributed by atoms with Crippen molar-refractivity contribution in [2.75, 3.05) is 13.1 Å². The number of hydrogen-bond acceptors (Lipinski definition) is 6. The molecular formula is C13H19N5O2. The maximum atomic E-state index is 10.7. The Morgan fingerprint density at radius 2 is 2.40 bits per heavy atom. The van der Waals surface area contributed by atoms with E-state index in [1.165, 1.54) is 0 Å². The van der Waals surface area contributed by atoms with Gasteiger partial charge in [0.05, 0.1) is 24.0 Å². The van der Waals surface area contributed by atoms with Crippen LogP contribution in [0, 0.1) is 6.92 Å². The first kappa shape index (κ1) is 13.3. The predicted molar refractivity (Wildman–Crippen MR) is 70.7 cm³/mol. The molecule has 108 valence electrons. The molecule has 7 heteroatoms. The number of likely N-dealkylation sites (tertiary alicyclic amines) is 1. The van der Waals surface area contributed by atoms with Crippen LogP contribution < -0.4 is 0 Å². The van der Waals surface area contributed by atoms with Crippen molar-refractivity contribution in [3.05, 3.63) is 29.9 Å². The summed E-state index contributed by atoms with van der Waals surface area (Å²) in [6.07, 6.45) is 5.14. The lowest BCUT2D eigenvalue weighted by molar-refractivity contribution is -0.0482. The Balaban J connectivity index is 1.63. The Kier molecular flexibility index (Phi) is 3.54. The summed E-state index contributed by atoms with van der Waals surface area (Å²) in [5, 5.41) is 22.4. The van der Waals surface area contributed by atoms with Gasteiger partial charge in [0, 0.05) is 25.4 Å². The van der Waals surface area contributed by atoms with Crippen LogP contribution in [0.15, 0.2) is 23.0 Å². The first-order chi connectivity index (χ1) is 9.63. The highest BCUT2D eigenvalue weighted by molar-refractivity contribution is 5.04. The summed E-state index contributed by atoms with van der Waals surface area (Å²) in [5.74, 6) is 0.815. The zero-order valence-corrected chi connectivity index (χ0v) is 11.6. The minimum Gasteiger partial charge on any atom is -0.387 e. The SMILES string of the molecule is Cc1cc(CN2CCCC(O)(Cn3ccnn3)C2)no1. The average molecular weight is 277 g/mol. The Morgan fingerprint density at radius 3 is 3.10 bits per heavy atom. The van der Waals surface area contributed by atoms with Crippen molar-refractivity contribution in [2.45, 2.75) is 38.5 Å². The van der Waals surface area contributed by atoms with Crippen molar-refractivity contribution in [3.8, 4) is 0 Å². The Hall–Kier alpha value is -1.73. The van der Waals surface area contributed by atoms with E-state index in [-0.39, 0.29) is 0 Å². The molecule has 20 heavy (non-hydrogen) atoms. The highest BCUT2D eigenvalue weighted by Gasteiger charge is 2.34. The molecular weight excluding hydrogens is 258 g/mol. The molecule has 0 amide bonds. The van der Waals surface area contributed by atoms with Gasteiger partial charge in [0.25, 0.3) is 0 Å². The molecule has 3 rings (SSSR count). The van der Waals surface area contributed by atoms with E-state index in [9.17, 15) is 5.11 Å². The Labute approximate surface area is 117 Å². The molecule has 0 spiro atoms. The molecule has 2 aromatic rings. The van der Waals surface area contributed by atoms with Gasteiger partial charge in [-0.05, 0) is 26.3 Å². The predicted octanol–water partition coefficient (Wildman–Crippen LogP) is 0.602. The van der Waals surface area contributed by atoms with Gasteiger partial charge in [-0.1, -0.05) is 10.4 Å². The number of rotatable bonds is 4. The van der Waals surface area contributed by atoms with Crippen LogP contribution in [-0.4, -0.2) is 48.8 Å². The zero-order valence-electron chi connectivity index (χ0n) is 11.6. The largest absolute Gasteiger partial charge is 0.387 e. The quantitative estimate of drug-likeness (QED) is 0.881. The van der Waals surface area contributed by atoms with Crippen LogP contribution in [0.3, 0.4) is 0 Å². The summed E-state index contributed by atoms with van der Waals surface area (Å²) in [4.78, 5) is 2.21. The zero-order chi connectivity index (χ0) is 14.0. The van der Waals surface area contributed by atoms with Gasteiger partial charge in [0.15, 0.2) is 0 Å². The highest BCUT2D eigenvalue weighted by atomic mass is 16.5. The second-order valence-electron chi connectivity index (χ2n) is 5.57. The van der Waals surface area contributed by atoms with Crippen molar-refractivity contribution >= 4 is 0 Å². The molecule has 1 N–H and O–H groups in total. The lowest BCUT2D eigenvalue weighted by Gasteiger charge is -2.38. The standard InChI is InChI=1S/C13H19N5O2/c1-11-7-12(15-20-11)8-17-5-2-3-13(19,9-17)10-18-6-4-14-16-18/h4,6-7,19H,2-3,5,8-10H2,1H3. The fourth-order valence-electron chi connectivity index (χ4n) is 2.81. The molecule has 0 bridgehead atoms. The third-order valence-electron chi connectivity index (χ3n) is 3.63. The number of aliphatic hydroxyl groups is 1. The minimum atomic E-state index is -0.759. The average Bonchev–Trinajstić information content (AvgIpc) is 3.01. The van der Waals surface area contributed by atoms with E-state index >= 15 is 0 Å². The smallest absolute Gasteiger partial charge is 0.133 e. The van der Waals surface area contributed by atoms with Crippen LogP contribution in [0.4, 0.5) is 0 Å². The van der Waals surface area contributed by atoms with E-state index in [0.29, 0.717) is 19.6 Å². The van der Waals surface area contributed by atoms with E-state index in [1.54, 1.807) is 17.1 Å². The fourth-order valence-corrected chi connectivity index (χ4v) is 2.81. The normalized spacial score (nSPS) is 24.1. The number of β-amino-alcohol motifs (C(OH)–C–C–N with tert-alkyl or cyclic N) is 1. The molecule has 1 saturated heterocycles. The van der Waals surface area contributed by atoms with Crippen LogP contribution >= 0.6 is 0 Å². The third-order valence-corrected chi connectivity index (χ3v) is 3.63. The van der Waals surface area contributed by atoms with Crippen molar-refractivity contribution in [1.29, 1.82) is 0 Å². The molecule has 0 aromatic carbocycles. The van der Waals surface area contributed by atoms with Gasteiger partial charge in [-0.15, -0.1) is 5.10 Å². The molecule has 1 aliphatic rings. The Morgan fingerprint density at radius 1 is 1.50 bits per heavy atom. The van der Waals surface area contributed by atoms with Gasteiger partial charge >= 0.3 is 0 Å². The number of aryl methyl sites for hydroxylation is 1. The summed E-state index contributed by atoms with van der Waals surface area (Å²) in [5.41, 5.74) is 0.151. The molecule has 1 atom stereocenters. The van der Waals surface area contributed by atoms with Crippen LogP contribution in [-0.2, 0) is 13.1 Å². The second-order valence-corrected chi connectivity index (χ2v) is 5.57. The molecule has 0 aliphatic carbocycles. The van der Waals surface area contributed by atoms with E-state index in [1.807, 2.05) is 13.0 Å². The van der Waals surface area contributed by atoms with Gasteiger partial charge in [-0.25, -0.2) is 4.68 Å². The van der Waals surface area contributed by atoms with Gasteiger partial charge in [-0.2, -0.15) is 0 Å².